The molecule has 340 valence electrons. The molecular weight excluding hydrogens is 885 g/mol. The molecule has 0 N–H and O–H groups in total. The molecule has 0 fully saturated rings. The molecule has 13 aromatic carbocycles. The zero-order valence-electron chi connectivity index (χ0n) is 39.7. The van der Waals surface area contributed by atoms with Gasteiger partial charge in [0.05, 0.1) is 22.4 Å². The van der Waals surface area contributed by atoms with Crippen LogP contribution in [0.5, 0.6) is 11.5 Å². The number of rotatable bonds is 7. The molecule has 1 aliphatic rings. The van der Waals surface area contributed by atoms with Gasteiger partial charge in [0.15, 0.2) is 11.5 Å². The number of hydrogen-bond acceptors (Lipinski definition) is 2. The van der Waals surface area contributed by atoms with Crippen molar-refractivity contribution < 1.29 is 4.74 Å². The Kier molecular flexibility index (Phi) is 9.26. The molecule has 1 aliphatic heterocycles. The SMILES string of the molecule is c1ccc(-c2cccc(-c3cccc(N4c5ccccc5Oc5ccc(-c6ccc7c(c6)c6ccccc6n7-c6cccc(-c7ccc8ccc9c(-c%10ccccc%10)ccc%10ccc7c8c%109)c6)cc54)c3)c2)cc1. The molecule has 3 heteroatoms. The summed E-state index contributed by atoms with van der Waals surface area (Å²) in [6.45, 7) is 0. The van der Waals surface area contributed by atoms with Crippen molar-refractivity contribution in [3.8, 4) is 72.8 Å². The lowest BCUT2D eigenvalue weighted by atomic mass is 9.87. The van der Waals surface area contributed by atoms with Crippen molar-refractivity contribution in [1.82, 2.24) is 4.57 Å². The van der Waals surface area contributed by atoms with Crippen molar-refractivity contribution in [2.24, 2.45) is 0 Å². The largest absolute Gasteiger partial charge is 0.453 e. The number of anilines is 3. The molecule has 0 aliphatic carbocycles. The van der Waals surface area contributed by atoms with Gasteiger partial charge in [-0.15, -0.1) is 0 Å². The Balaban J connectivity index is 0.825. The number of benzene rings is 13. The van der Waals surface area contributed by atoms with Crippen LogP contribution in [0.25, 0.3) is 115 Å². The maximum atomic E-state index is 6.65. The van der Waals surface area contributed by atoms with Crippen LogP contribution in [-0.4, -0.2) is 4.57 Å². The summed E-state index contributed by atoms with van der Waals surface area (Å²) in [5.41, 5.74) is 18.4. The second-order valence-electron chi connectivity index (χ2n) is 19.2. The van der Waals surface area contributed by atoms with E-state index in [1.807, 2.05) is 6.07 Å². The second-order valence-corrected chi connectivity index (χ2v) is 19.2. The van der Waals surface area contributed by atoms with E-state index in [0.717, 1.165) is 56.5 Å². The Morgan fingerprint density at radius 2 is 0.781 bits per heavy atom. The molecule has 0 unspecified atom stereocenters. The van der Waals surface area contributed by atoms with Crippen LogP contribution in [0.1, 0.15) is 0 Å². The zero-order valence-corrected chi connectivity index (χ0v) is 39.7. The van der Waals surface area contributed by atoms with Crippen LogP contribution >= 0.6 is 0 Å². The summed E-state index contributed by atoms with van der Waals surface area (Å²) in [6.07, 6.45) is 0. The Bertz CT molecular complexity index is 4470. The van der Waals surface area contributed by atoms with Crippen molar-refractivity contribution >= 4 is 71.2 Å². The van der Waals surface area contributed by atoms with E-state index in [9.17, 15) is 0 Å². The van der Waals surface area contributed by atoms with Crippen LogP contribution in [0.3, 0.4) is 0 Å². The molecule has 3 nitrogen and oxygen atoms in total. The Hall–Kier alpha value is -9.70. The van der Waals surface area contributed by atoms with E-state index in [4.69, 9.17) is 4.74 Å². The molecule has 0 saturated heterocycles. The number of ether oxygens (including phenoxy) is 1. The van der Waals surface area contributed by atoms with E-state index >= 15 is 0 Å². The van der Waals surface area contributed by atoms with E-state index in [1.165, 1.54) is 87.6 Å². The average molecular weight is 929 g/mol. The van der Waals surface area contributed by atoms with Gasteiger partial charge in [-0.05, 0) is 161 Å². The van der Waals surface area contributed by atoms with Crippen molar-refractivity contribution in [3.05, 3.63) is 267 Å². The summed E-state index contributed by atoms with van der Waals surface area (Å²) in [5.74, 6) is 1.65. The van der Waals surface area contributed by atoms with Gasteiger partial charge in [0.2, 0.25) is 0 Å². The lowest BCUT2D eigenvalue weighted by Crippen LogP contribution is -2.15. The van der Waals surface area contributed by atoms with Gasteiger partial charge in [-0.1, -0.05) is 194 Å². The molecule has 0 spiro atoms. The number of nitrogens with zero attached hydrogens (tertiary/aromatic N) is 2. The first kappa shape index (κ1) is 41.1. The maximum Gasteiger partial charge on any atom is 0.151 e. The lowest BCUT2D eigenvalue weighted by Gasteiger charge is -2.33. The van der Waals surface area contributed by atoms with Crippen LogP contribution in [0, 0.1) is 0 Å². The summed E-state index contributed by atoms with van der Waals surface area (Å²) < 4.78 is 9.08. The third kappa shape index (κ3) is 6.67. The van der Waals surface area contributed by atoms with E-state index in [-0.39, 0.29) is 0 Å². The molecule has 0 amide bonds. The average Bonchev–Trinajstić information content (AvgIpc) is 3.81. The number of hydrogen-bond donors (Lipinski definition) is 0. The number of fused-ring (bicyclic) bond motifs is 5. The monoisotopic (exact) mass is 928 g/mol. The van der Waals surface area contributed by atoms with Crippen molar-refractivity contribution in [3.63, 3.8) is 0 Å². The molecule has 2 heterocycles. The highest BCUT2D eigenvalue weighted by Gasteiger charge is 2.27. The molecule has 14 aromatic rings. The van der Waals surface area contributed by atoms with Crippen LogP contribution in [0.4, 0.5) is 17.1 Å². The minimum Gasteiger partial charge on any atom is -0.453 e. The highest BCUT2D eigenvalue weighted by atomic mass is 16.5. The van der Waals surface area contributed by atoms with E-state index in [1.54, 1.807) is 0 Å². The topological polar surface area (TPSA) is 17.4 Å². The first-order chi connectivity index (χ1) is 36.2. The standard InChI is InChI=1S/C70H44N2O/c1-3-14-45(15-4-1)49-18-11-19-50(40-49)51-20-12-22-55(41-51)72-65-26-9-10-27-67(65)73-68-39-33-53(44-66(68)72)52-32-38-64-62(43-52)59-24-7-8-25-63(59)71(64)56-23-13-21-54(42-56)58-35-29-48-30-36-60-57(46-16-5-2-6-17-46)34-28-47-31-37-61(58)70(48)69(47)60/h1-44H. The van der Waals surface area contributed by atoms with Crippen molar-refractivity contribution in [1.29, 1.82) is 0 Å². The Morgan fingerprint density at radius 1 is 0.260 bits per heavy atom. The van der Waals surface area contributed by atoms with Crippen molar-refractivity contribution in [2.75, 3.05) is 4.90 Å². The molecule has 73 heavy (non-hydrogen) atoms. The Labute approximate surface area is 423 Å². The van der Waals surface area contributed by atoms with Gasteiger partial charge >= 0.3 is 0 Å². The predicted molar refractivity (Wildman–Crippen MR) is 306 cm³/mol. The molecule has 15 rings (SSSR count). The van der Waals surface area contributed by atoms with Gasteiger partial charge in [0.25, 0.3) is 0 Å². The Morgan fingerprint density at radius 3 is 1.56 bits per heavy atom. The van der Waals surface area contributed by atoms with E-state index < -0.39 is 0 Å². The maximum absolute atomic E-state index is 6.65. The van der Waals surface area contributed by atoms with Gasteiger partial charge in [0, 0.05) is 22.1 Å². The van der Waals surface area contributed by atoms with Crippen LogP contribution in [0.2, 0.25) is 0 Å². The van der Waals surface area contributed by atoms with Gasteiger partial charge in [-0.2, -0.15) is 0 Å². The van der Waals surface area contributed by atoms with Gasteiger partial charge in [-0.25, -0.2) is 0 Å². The summed E-state index contributed by atoms with van der Waals surface area (Å²) in [5, 5.41) is 10.1. The highest BCUT2D eigenvalue weighted by Crippen LogP contribution is 2.52. The third-order valence-corrected chi connectivity index (χ3v) is 15.1. The minimum atomic E-state index is 0.818. The summed E-state index contributed by atoms with van der Waals surface area (Å²) in [6, 6.07) is 97.2. The minimum absolute atomic E-state index is 0.818. The van der Waals surface area contributed by atoms with Crippen LogP contribution in [0.15, 0.2) is 267 Å². The number of aromatic nitrogens is 1. The van der Waals surface area contributed by atoms with Gasteiger partial charge in [-0.3, -0.25) is 0 Å². The fourth-order valence-electron chi connectivity index (χ4n) is 11.7. The van der Waals surface area contributed by atoms with Gasteiger partial charge < -0.3 is 14.2 Å². The molecule has 0 saturated carbocycles. The molecule has 0 bridgehead atoms. The molecule has 0 radical (unpaired) electrons. The molecule has 1 aromatic heterocycles. The first-order valence-electron chi connectivity index (χ1n) is 25.1. The zero-order chi connectivity index (χ0) is 48.0. The third-order valence-electron chi connectivity index (χ3n) is 15.1. The first-order valence-corrected chi connectivity index (χ1v) is 25.1. The smallest absolute Gasteiger partial charge is 0.151 e. The predicted octanol–water partition coefficient (Wildman–Crippen LogP) is 19.6. The lowest BCUT2D eigenvalue weighted by molar-refractivity contribution is 0.477. The van der Waals surface area contributed by atoms with Gasteiger partial charge in [0.1, 0.15) is 0 Å². The summed E-state index contributed by atoms with van der Waals surface area (Å²) in [4.78, 5) is 2.35. The normalized spacial score (nSPS) is 12.2. The summed E-state index contributed by atoms with van der Waals surface area (Å²) >= 11 is 0. The van der Waals surface area contributed by atoms with Crippen LogP contribution < -0.4 is 9.64 Å². The quantitative estimate of drug-likeness (QED) is 0.148. The number of para-hydroxylation sites is 3. The van der Waals surface area contributed by atoms with Crippen LogP contribution in [-0.2, 0) is 0 Å². The fourth-order valence-corrected chi connectivity index (χ4v) is 11.7. The second kappa shape index (κ2) is 16.4. The van der Waals surface area contributed by atoms with E-state index in [2.05, 4.69) is 270 Å². The van der Waals surface area contributed by atoms with Crippen molar-refractivity contribution in [2.45, 2.75) is 0 Å². The molecular formula is C70H44N2O. The fraction of sp³-hybridized carbons (Fsp3) is 0. The molecule has 0 atom stereocenters. The van der Waals surface area contributed by atoms with E-state index in [0.29, 0.717) is 0 Å². The summed E-state index contributed by atoms with van der Waals surface area (Å²) in [7, 11) is 0. The highest BCUT2D eigenvalue weighted by molar-refractivity contribution is 6.27.